The quantitative estimate of drug-likeness (QED) is 0.800. The molecular weight excluding hydrogens is 286 g/mol. The van der Waals surface area contributed by atoms with Crippen molar-refractivity contribution >= 4 is 23.3 Å². The van der Waals surface area contributed by atoms with E-state index in [1.54, 1.807) is 6.20 Å². The third-order valence-corrected chi connectivity index (χ3v) is 4.67. The van der Waals surface area contributed by atoms with Crippen LogP contribution in [0.5, 0.6) is 0 Å². The third kappa shape index (κ3) is 2.86. The predicted octanol–water partition coefficient (Wildman–Crippen LogP) is 2.68. The molecular formula is C16H22ClN3O. The summed E-state index contributed by atoms with van der Waals surface area (Å²) in [5, 5.41) is 0.667. The average Bonchev–Trinajstić information content (AvgIpc) is 2.95. The van der Waals surface area contributed by atoms with E-state index in [-0.39, 0.29) is 11.3 Å². The van der Waals surface area contributed by atoms with Crippen molar-refractivity contribution in [2.75, 3.05) is 31.1 Å². The normalized spacial score (nSPS) is 25.3. The van der Waals surface area contributed by atoms with Crippen molar-refractivity contribution in [2.24, 2.45) is 17.3 Å². The Morgan fingerprint density at radius 3 is 2.29 bits per heavy atom. The van der Waals surface area contributed by atoms with E-state index in [1.807, 2.05) is 37.8 Å². The number of nitrogens with zero attached hydrogens (tertiary/aromatic N) is 3. The van der Waals surface area contributed by atoms with Crippen LogP contribution in [0.15, 0.2) is 18.3 Å². The molecule has 0 saturated carbocycles. The van der Waals surface area contributed by atoms with Gasteiger partial charge < -0.3 is 9.80 Å². The first-order valence-electron chi connectivity index (χ1n) is 7.50. The third-order valence-electron chi connectivity index (χ3n) is 4.45. The highest BCUT2D eigenvalue weighted by Crippen LogP contribution is 2.35. The van der Waals surface area contributed by atoms with Gasteiger partial charge in [0.1, 0.15) is 5.82 Å². The van der Waals surface area contributed by atoms with Crippen LogP contribution in [0.3, 0.4) is 0 Å². The molecule has 2 saturated heterocycles. The van der Waals surface area contributed by atoms with Crippen LogP contribution in [0.25, 0.3) is 0 Å². The lowest BCUT2D eigenvalue weighted by atomic mass is 9.95. The van der Waals surface area contributed by atoms with Crippen molar-refractivity contribution in [3.05, 3.63) is 23.4 Å². The number of carbonyl (C=O) groups excluding carboxylic acids is 1. The highest BCUT2D eigenvalue weighted by atomic mass is 35.5. The van der Waals surface area contributed by atoms with E-state index in [1.165, 1.54) is 0 Å². The summed E-state index contributed by atoms with van der Waals surface area (Å²) in [4.78, 5) is 21.1. The maximum absolute atomic E-state index is 12.4. The summed E-state index contributed by atoms with van der Waals surface area (Å²) in [6.07, 6.45) is 1.69. The molecule has 21 heavy (non-hydrogen) atoms. The molecule has 1 aromatic heterocycles. The molecule has 1 amide bonds. The number of likely N-dealkylation sites (tertiary alicyclic amines) is 1. The fraction of sp³-hybridized carbons (Fsp3) is 0.625. The van der Waals surface area contributed by atoms with Gasteiger partial charge in [-0.2, -0.15) is 0 Å². The van der Waals surface area contributed by atoms with Crippen LogP contribution in [-0.2, 0) is 4.79 Å². The summed E-state index contributed by atoms with van der Waals surface area (Å²) in [6.45, 7) is 9.70. The second-order valence-corrected chi connectivity index (χ2v) is 7.66. The van der Waals surface area contributed by atoms with Gasteiger partial charge in [0.05, 0.1) is 5.02 Å². The number of pyridine rings is 1. The highest BCUT2D eigenvalue weighted by Gasteiger charge is 2.43. The Labute approximate surface area is 131 Å². The van der Waals surface area contributed by atoms with Crippen LogP contribution in [0, 0.1) is 17.3 Å². The average molecular weight is 308 g/mol. The summed E-state index contributed by atoms with van der Waals surface area (Å²) in [5.74, 6) is 2.39. The number of carbonyl (C=O) groups is 1. The van der Waals surface area contributed by atoms with E-state index in [2.05, 4.69) is 9.88 Å². The molecule has 5 heteroatoms. The van der Waals surface area contributed by atoms with Gasteiger partial charge in [-0.25, -0.2) is 4.98 Å². The first-order chi connectivity index (χ1) is 9.84. The molecule has 0 spiro atoms. The molecule has 2 unspecified atom stereocenters. The largest absolute Gasteiger partial charge is 0.356 e. The van der Waals surface area contributed by atoms with Gasteiger partial charge in [-0.15, -0.1) is 0 Å². The fourth-order valence-corrected chi connectivity index (χ4v) is 3.49. The predicted molar refractivity (Wildman–Crippen MR) is 84.5 cm³/mol. The lowest BCUT2D eigenvalue weighted by Crippen LogP contribution is -2.40. The molecule has 0 aliphatic carbocycles. The maximum atomic E-state index is 12.4. The zero-order valence-corrected chi connectivity index (χ0v) is 13.6. The van der Waals surface area contributed by atoms with Crippen LogP contribution in [-0.4, -0.2) is 42.0 Å². The van der Waals surface area contributed by atoms with Gasteiger partial charge in [0, 0.05) is 49.6 Å². The number of rotatable bonds is 1. The summed E-state index contributed by atoms with van der Waals surface area (Å²) >= 11 is 5.89. The molecule has 0 radical (unpaired) electrons. The molecule has 3 rings (SSSR count). The topological polar surface area (TPSA) is 36.4 Å². The lowest BCUT2D eigenvalue weighted by Gasteiger charge is -2.27. The van der Waals surface area contributed by atoms with Crippen molar-refractivity contribution in [2.45, 2.75) is 20.8 Å². The van der Waals surface area contributed by atoms with Gasteiger partial charge >= 0.3 is 0 Å². The van der Waals surface area contributed by atoms with Gasteiger partial charge in [0.25, 0.3) is 0 Å². The Balaban J connectivity index is 1.64. The van der Waals surface area contributed by atoms with Crippen LogP contribution < -0.4 is 4.90 Å². The molecule has 114 valence electrons. The van der Waals surface area contributed by atoms with Gasteiger partial charge in [-0.05, 0) is 12.1 Å². The number of hydrogen-bond acceptors (Lipinski definition) is 3. The molecule has 2 atom stereocenters. The van der Waals surface area contributed by atoms with Crippen LogP contribution in [0.2, 0.25) is 5.02 Å². The molecule has 2 fully saturated rings. The Morgan fingerprint density at radius 1 is 1.19 bits per heavy atom. The van der Waals surface area contributed by atoms with E-state index in [0.717, 1.165) is 32.0 Å². The minimum atomic E-state index is -0.282. The fourth-order valence-electron chi connectivity index (χ4n) is 3.38. The molecule has 2 aliphatic rings. The first-order valence-corrected chi connectivity index (χ1v) is 7.88. The van der Waals surface area contributed by atoms with Gasteiger partial charge in [-0.1, -0.05) is 32.4 Å². The Hall–Kier alpha value is -1.29. The lowest BCUT2D eigenvalue weighted by molar-refractivity contribution is -0.138. The molecule has 0 bridgehead atoms. The number of fused-ring (bicyclic) bond motifs is 1. The van der Waals surface area contributed by atoms with Crippen molar-refractivity contribution < 1.29 is 4.79 Å². The smallest absolute Gasteiger partial charge is 0.227 e. The number of halogens is 1. The number of amides is 1. The van der Waals surface area contributed by atoms with Crippen LogP contribution >= 0.6 is 11.6 Å². The molecule has 4 nitrogen and oxygen atoms in total. The van der Waals surface area contributed by atoms with Crippen molar-refractivity contribution in [1.82, 2.24) is 9.88 Å². The monoisotopic (exact) mass is 307 g/mol. The first kappa shape index (κ1) is 14.6. The van der Waals surface area contributed by atoms with Crippen LogP contribution in [0.1, 0.15) is 20.8 Å². The zero-order chi connectivity index (χ0) is 15.2. The van der Waals surface area contributed by atoms with E-state index in [4.69, 9.17) is 11.6 Å². The van der Waals surface area contributed by atoms with Crippen molar-refractivity contribution in [1.29, 1.82) is 0 Å². The molecule has 0 N–H and O–H groups in total. The Morgan fingerprint density at radius 2 is 1.81 bits per heavy atom. The summed E-state index contributed by atoms with van der Waals surface area (Å²) in [6, 6.07) is 3.86. The minimum absolute atomic E-state index is 0.271. The molecule has 2 aliphatic heterocycles. The van der Waals surface area contributed by atoms with Crippen molar-refractivity contribution in [3.63, 3.8) is 0 Å². The van der Waals surface area contributed by atoms with E-state index in [9.17, 15) is 4.79 Å². The van der Waals surface area contributed by atoms with Gasteiger partial charge in [0.15, 0.2) is 0 Å². The zero-order valence-electron chi connectivity index (χ0n) is 12.8. The summed E-state index contributed by atoms with van der Waals surface area (Å²) in [5.41, 5.74) is -0.282. The number of hydrogen-bond donors (Lipinski definition) is 0. The standard InChI is InChI=1S/C16H22ClN3O/c1-16(2,3)15(21)20-9-11-7-19(8-12(11)10-20)14-5-4-13(17)6-18-14/h4-6,11-12H,7-10H2,1-3H3. The SMILES string of the molecule is CC(C)(C)C(=O)N1CC2CN(c3ccc(Cl)cn3)CC2C1. The van der Waals surface area contributed by atoms with Crippen LogP contribution in [0.4, 0.5) is 5.82 Å². The second-order valence-electron chi connectivity index (χ2n) is 7.22. The van der Waals surface area contributed by atoms with Gasteiger partial charge in [0.2, 0.25) is 5.91 Å². The Bertz CT molecular complexity index is 523. The number of anilines is 1. The van der Waals surface area contributed by atoms with E-state index < -0.39 is 0 Å². The molecule has 1 aromatic rings. The summed E-state index contributed by atoms with van der Waals surface area (Å²) in [7, 11) is 0. The van der Waals surface area contributed by atoms with E-state index >= 15 is 0 Å². The highest BCUT2D eigenvalue weighted by molar-refractivity contribution is 6.30. The molecule has 3 heterocycles. The number of aromatic nitrogens is 1. The summed E-state index contributed by atoms with van der Waals surface area (Å²) < 4.78 is 0. The van der Waals surface area contributed by atoms with Crippen molar-refractivity contribution in [3.8, 4) is 0 Å². The Kier molecular flexibility index (Phi) is 3.60. The van der Waals surface area contributed by atoms with E-state index in [0.29, 0.717) is 16.9 Å². The van der Waals surface area contributed by atoms with Gasteiger partial charge in [-0.3, -0.25) is 4.79 Å². The second kappa shape index (κ2) is 5.16. The molecule has 0 aromatic carbocycles. The minimum Gasteiger partial charge on any atom is -0.356 e. The maximum Gasteiger partial charge on any atom is 0.227 e.